The Morgan fingerprint density at radius 1 is 1.28 bits per heavy atom. The Morgan fingerprint density at radius 2 is 2.00 bits per heavy atom. The monoisotopic (exact) mass is 519 g/mol. The average Bonchev–Trinajstić information content (AvgIpc) is 3.18. The molecule has 1 aromatic carbocycles. The number of fused-ring (bicyclic) bond motifs is 1. The number of non-ortho nitro benzene ring substituents is 1. The van der Waals surface area contributed by atoms with Gasteiger partial charge in [0.15, 0.2) is 9.84 Å². The highest BCUT2D eigenvalue weighted by atomic mass is 79.9. The van der Waals surface area contributed by atoms with Crippen molar-refractivity contribution in [3.63, 3.8) is 0 Å². The number of aromatic nitrogens is 2. The molecule has 1 unspecified atom stereocenters. The van der Waals surface area contributed by atoms with Crippen LogP contribution in [0.1, 0.15) is 0 Å². The first kappa shape index (κ1) is 22.6. The first-order chi connectivity index (χ1) is 15.2. The normalized spacial score (nSPS) is 16.8. The van der Waals surface area contributed by atoms with Gasteiger partial charge in [-0.05, 0) is 35.1 Å². The Morgan fingerprint density at radius 3 is 2.62 bits per heavy atom. The highest BCUT2D eigenvalue weighted by Gasteiger charge is 2.33. The Labute approximate surface area is 193 Å². The number of piperazine rings is 1. The molecule has 0 radical (unpaired) electrons. The van der Waals surface area contributed by atoms with E-state index in [1.54, 1.807) is 12.3 Å². The fraction of sp³-hybridized carbons (Fsp3) is 0.286. The molecule has 1 fully saturated rings. The van der Waals surface area contributed by atoms with Crippen molar-refractivity contribution in [3.8, 4) is 11.3 Å². The van der Waals surface area contributed by atoms with E-state index in [0.29, 0.717) is 34.2 Å². The number of aromatic amines is 1. The molecule has 0 saturated carbocycles. The molecule has 1 atom stereocenters. The molecular formula is C21H22BrN5O4S. The van der Waals surface area contributed by atoms with Crippen LogP contribution in [0.4, 0.5) is 5.69 Å². The van der Waals surface area contributed by atoms with Crippen LogP contribution in [-0.4, -0.2) is 71.7 Å². The Kier molecular flexibility index (Phi) is 6.17. The summed E-state index contributed by atoms with van der Waals surface area (Å²) in [6, 6.07) is 6.06. The van der Waals surface area contributed by atoms with Crippen LogP contribution in [0, 0.1) is 10.1 Å². The molecule has 2 aromatic heterocycles. The van der Waals surface area contributed by atoms with Crippen LogP contribution in [-0.2, 0) is 9.84 Å². The molecule has 32 heavy (non-hydrogen) atoms. The second kappa shape index (κ2) is 8.74. The number of nitrogens with one attached hydrogen (secondary N) is 1. The van der Waals surface area contributed by atoms with Crippen LogP contribution in [0.3, 0.4) is 0 Å². The number of hydrogen-bond acceptors (Lipinski definition) is 7. The van der Waals surface area contributed by atoms with Crippen LogP contribution >= 0.6 is 15.9 Å². The second-order valence-corrected chi connectivity index (χ2v) is 10.6. The summed E-state index contributed by atoms with van der Waals surface area (Å²) >= 11 is 3.45. The number of benzene rings is 1. The molecule has 1 N–H and O–H groups in total. The maximum absolute atomic E-state index is 13.4. The molecule has 0 amide bonds. The van der Waals surface area contributed by atoms with Crippen molar-refractivity contribution in [2.24, 2.45) is 0 Å². The summed E-state index contributed by atoms with van der Waals surface area (Å²) in [5, 5.41) is 11.0. The number of rotatable bonds is 6. The third-order valence-electron chi connectivity index (χ3n) is 5.69. The lowest BCUT2D eigenvalue weighted by molar-refractivity contribution is -0.384. The summed E-state index contributed by atoms with van der Waals surface area (Å²) in [5.74, 6) is 0. The van der Waals surface area contributed by atoms with Crippen molar-refractivity contribution in [1.82, 2.24) is 19.8 Å². The standard InChI is InChI=1S/C21H22BrN5O4S/c1-3-20(26-8-6-25(2)7-9-26)32(30,31)15-11-18(22)21(24-12-15)17-13-23-19-5-4-14(27(28)29)10-16(17)19/h3-5,10-13,20,23H,1,6-9H2,2H3. The Balaban J connectivity index is 1.70. The lowest BCUT2D eigenvalue weighted by Gasteiger charge is -2.36. The topological polar surface area (TPSA) is 112 Å². The van der Waals surface area contributed by atoms with Gasteiger partial charge >= 0.3 is 0 Å². The molecule has 0 spiro atoms. The van der Waals surface area contributed by atoms with E-state index in [2.05, 4.69) is 37.4 Å². The van der Waals surface area contributed by atoms with Gasteiger partial charge in [-0.2, -0.15) is 0 Å². The molecule has 9 nitrogen and oxygen atoms in total. The minimum atomic E-state index is -3.74. The third kappa shape index (κ3) is 4.08. The van der Waals surface area contributed by atoms with Gasteiger partial charge in [0.1, 0.15) is 5.37 Å². The van der Waals surface area contributed by atoms with E-state index in [-0.39, 0.29) is 10.6 Å². The van der Waals surface area contributed by atoms with E-state index < -0.39 is 20.1 Å². The summed E-state index contributed by atoms with van der Waals surface area (Å²) in [6.45, 7) is 6.59. The molecule has 3 aromatic rings. The van der Waals surface area contributed by atoms with Crippen LogP contribution in [0.5, 0.6) is 0 Å². The van der Waals surface area contributed by atoms with Gasteiger partial charge < -0.3 is 9.88 Å². The maximum Gasteiger partial charge on any atom is 0.270 e. The van der Waals surface area contributed by atoms with E-state index in [9.17, 15) is 18.5 Å². The zero-order chi connectivity index (χ0) is 23.0. The van der Waals surface area contributed by atoms with E-state index in [1.165, 1.54) is 30.5 Å². The lowest BCUT2D eigenvalue weighted by Crippen LogP contribution is -2.50. The number of nitro groups is 1. The number of hydrogen-bond donors (Lipinski definition) is 1. The van der Waals surface area contributed by atoms with Crippen LogP contribution in [0.15, 0.2) is 58.7 Å². The van der Waals surface area contributed by atoms with Crippen molar-refractivity contribution >= 4 is 42.4 Å². The molecule has 1 saturated heterocycles. The SMILES string of the molecule is C=CC(N1CCN(C)CC1)S(=O)(=O)c1cnc(-c2c[nH]c3ccc([N+](=O)[O-])cc23)c(Br)c1. The van der Waals surface area contributed by atoms with Crippen LogP contribution in [0.2, 0.25) is 0 Å². The minimum absolute atomic E-state index is 0.0327. The molecule has 11 heteroatoms. The number of pyridine rings is 1. The highest BCUT2D eigenvalue weighted by molar-refractivity contribution is 9.10. The number of H-pyrrole nitrogens is 1. The number of halogens is 1. The fourth-order valence-electron chi connectivity index (χ4n) is 3.88. The van der Waals surface area contributed by atoms with Gasteiger partial charge in [0.05, 0.1) is 15.5 Å². The number of sulfone groups is 1. The van der Waals surface area contributed by atoms with Crippen molar-refractivity contribution in [2.45, 2.75) is 10.3 Å². The molecule has 4 rings (SSSR count). The van der Waals surface area contributed by atoms with E-state index in [4.69, 9.17) is 0 Å². The predicted octanol–water partition coefficient (Wildman–Crippen LogP) is 3.43. The summed E-state index contributed by atoms with van der Waals surface area (Å²) < 4.78 is 27.2. The largest absolute Gasteiger partial charge is 0.360 e. The van der Waals surface area contributed by atoms with Crippen molar-refractivity contribution in [1.29, 1.82) is 0 Å². The van der Waals surface area contributed by atoms with Gasteiger partial charge in [-0.3, -0.25) is 20.0 Å². The second-order valence-electron chi connectivity index (χ2n) is 7.70. The Hall–Kier alpha value is -2.60. The molecule has 0 aliphatic carbocycles. The summed E-state index contributed by atoms with van der Waals surface area (Å²) in [7, 11) is -1.73. The number of likely N-dealkylation sites (N-methyl/N-ethyl adjacent to an activating group) is 1. The molecule has 168 valence electrons. The summed E-state index contributed by atoms with van der Waals surface area (Å²) in [5.41, 5.74) is 1.82. The number of nitrogens with zero attached hydrogens (tertiary/aromatic N) is 4. The van der Waals surface area contributed by atoms with Gasteiger partial charge in [0.25, 0.3) is 5.69 Å². The molecule has 1 aliphatic heterocycles. The summed E-state index contributed by atoms with van der Waals surface area (Å²) in [6.07, 6.45) is 4.49. The Bertz CT molecular complexity index is 1300. The molecule has 1 aliphatic rings. The van der Waals surface area contributed by atoms with Crippen LogP contribution in [0.25, 0.3) is 22.2 Å². The van der Waals surface area contributed by atoms with Gasteiger partial charge in [0, 0.05) is 71.6 Å². The van der Waals surface area contributed by atoms with Crippen LogP contribution < -0.4 is 0 Å². The van der Waals surface area contributed by atoms with Gasteiger partial charge in [0.2, 0.25) is 0 Å². The zero-order valence-electron chi connectivity index (χ0n) is 17.4. The lowest BCUT2D eigenvalue weighted by atomic mass is 10.1. The molecular weight excluding hydrogens is 498 g/mol. The average molecular weight is 520 g/mol. The smallest absolute Gasteiger partial charge is 0.270 e. The van der Waals surface area contributed by atoms with Gasteiger partial charge in [-0.1, -0.05) is 6.08 Å². The van der Waals surface area contributed by atoms with Crippen molar-refractivity contribution in [2.75, 3.05) is 33.2 Å². The quantitative estimate of drug-likeness (QED) is 0.301. The van der Waals surface area contributed by atoms with E-state index in [0.717, 1.165) is 18.6 Å². The van der Waals surface area contributed by atoms with Gasteiger partial charge in [-0.15, -0.1) is 6.58 Å². The first-order valence-electron chi connectivity index (χ1n) is 9.93. The first-order valence-corrected chi connectivity index (χ1v) is 12.3. The van der Waals surface area contributed by atoms with E-state index in [1.807, 2.05) is 11.9 Å². The minimum Gasteiger partial charge on any atom is -0.360 e. The van der Waals surface area contributed by atoms with E-state index >= 15 is 0 Å². The zero-order valence-corrected chi connectivity index (χ0v) is 19.8. The third-order valence-corrected chi connectivity index (χ3v) is 8.30. The van der Waals surface area contributed by atoms with Crippen molar-refractivity contribution < 1.29 is 13.3 Å². The summed E-state index contributed by atoms with van der Waals surface area (Å²) in [4.78, 5) is 22.3. The highest BCUT2D eigenvalue weighted by Crippen LogP contribution is 2.35. The predicted molar refractivity (Wildman–Crippen MR) is 126 cm³/mol. The fourth-order valence-corrected chi connectivity index (χ4v) is 6.21. The number of nitro benzene ring substituents is 1. The molecule has 0 bridgehead atoms. The molecule has 3 heterocycles. The maximum atomic E-state index is 13.4. The van der Waals surface area contributed by atoms with Gasteiger partial charge in [-0.25, -0.2) is 8.42 Å². The van der Waals surface area contributed by atoms with Crippen molar-refractivity contribution in [3.05, 3.63) is 63.9 Å².